The average molecular weight is 618 g/mol. The van der Waals surface area contributed by atoms with Crippen LogP contribution < -0.4 is 5.32 Å². The fourth-order valence-electron chi connectivity index (χ4n) is 4.62. The summed E-state index contributed by atoms with van der Waals surface area (Å²) in [6.45, 7) is 11.4. The van der Waals surface area contributed by atoms with E-state index in [4.69, 9.17) is 27.9 Å². The number of amides is 1. The Hall–Kier alpha value is -2.71. The van der Waals surface area contributed by atoms with Gasteiger partial charge in [-0.25, -0.2) is 9.78 Å². The molecule has 3 aromatic rings. The topological polar surface area (TPSA) is 88.5 Å². The number of aliphatic carboxylic acids is 1. The van der Waals surface area contributed by atoms with Crippen LogP contribution in [0.4, 0.5) is 0 Å². The highest BCUT2D eigenvalue weighted by molar-refractivity contribution is 7.15. The molecule has 1 aliphatic carbocycles. The summed E-state index contributed by atoms with van der Waals surface area (Å²) >= 11 is 13.7. The van der Waals surface area contributed by atoms with Gasteiger partial charge >= 0.3 is 5.97 Å². The fourth-order valence-corrected chi connectivity index (χ4v) is 6.12. The summed E-state index contributed by atoms with van der Waals surface area (Å²) in [7, 11) is 0. The number of carboxylic acid groups (broad SMARTS) is 1. The van der Waals surface area contributed by atoms with Gasteiger partial charge in [-0.3, -0.25) is 4.79 Å². The third-order valence-corrected chi connectivity index (χ3v) is 8.44. The first-order valence-electron chi connectivity index (χ1n) is 13.8. The maximum atomic E-state index is 12.9. The standard InChI is InChI=1S/C25H26Cl2N2O4S.C7H12/c1-13(2)33-21(25(31)32)10-16-6-5-14(3)17(9-16)12-28-23(30)22-15(4)34-24(29-22)19-8-7-18(26)11-20(19)27;1-2-7-5-3-4-6-7/h5-9,11,13,21H,10,12H2,1-4H3,(H,28,30)(H,31,32);2,7H,1,3-6H2. The van der Waals surface area contributed by atoms with E-state index in [2.05, 4.69) is 23.0 Å². The van der Waals surface area contributed by atoms with Gasteiger partial charge in [0.05, 0.1) is 11.1 Å². The second-order valence-electron chi connectivity index (χ2n) is 10.5. The number of ether oxygens (including phenoxy) is 1. The smallest absolute Gasteiger partial charge is 0.333 e. The average Bonchev–Trinajstić information content (AvgIpc) is 3.58. The highest BCUT2D eigenvalue weighted by Gasteiger charge is 2.21. The molecule has 9 heteroatoms. The van der Waals surface area contributed by atoms with Gasteiger partial charge in [-0.05, 0) is 81.3 Å². The van der Waals surface area contributed by atoms with Gasteiger partial charge in [0, 0.05) is 28.4 Å². The van der Waals surface area contributed by atoms with Crippen molar-refractivity contribution in [3.63, 3.8) is 0 Å². The van der Waals surface area contributed by atoms with Crippen LogP contribution in [0, 0.1) is 19.8 Å². The van der Waals surface area contributed by atoms with Crippen molar-refractivity contribution in [2.45, 2.75) is 78.6 Å². The number of allylic oxidation sites excluding steroid dienone is 1. The molecule has 2 N–H and O–H groups in total. The predicted molar refractivity (Wildman–Crippen MR) is 168 cm³/mol. The molecule has 1 aliphatic rings. The Balaban J connectivity index is 0.000000575. The van der Waals surface area contributed by atoms with Gasteiger partial charge < -0.3 is 15.2 Å². The molecule has 4 rings (SSSR count). The zero-order valence-electron chi connectivity index (χ0n) is 24.0. The number of aryl methyl sites for hydroxylation is 2. The minimum Gasteiger partial charge on any atom is -0.479 e. The van der Waals surface area contributed by atoms with Crippen LogP contribution in [-0.2, 0) is 22.5 Å². The van der Waals surface area contributed by atoms with Gasteiger partial charge in [-0.2, -0.15) is 0 Å². The Morgan fingerprint density at radius 3 is 2.46 bits per heavy atom. The summed E-state index contributed by atoms with van der Waals surface area (Å²) in [5.74, 6) is -0.429. The second-order valence-corrected chi connectivity index (χ2v) is 12.5. The number of nitrogens with one attached hydrogen (secondary N) is 1. The third-order valence-electron chi connectivity index (χ3n) is 6.89. The van der Waals surface area contributed by atoms with Crippen molar-refractivity contribution in [1.82, 2.24) is 10.3 Å². The fraction of sp³-hybridized carbons (Fsp3) is 0.406. The van der Waals surface area contributed by atoms with Crippen LogP contribution in [0.3, 0.4) is 0 Å². The van der Waals surface area contributed by atoms with Crippen molar-refractivity contribution in [1.29, 1.82) is 0 Å². The van der Waals surface area contributed by atoms with Crippen LogP contribution >= 0.6 is 34.5 Å². The Labute approximate surface area is 256 Å². The summed E-state index contributed by atoms with van der Waals surface area (Å²) in [5.41, 5.74) is 3.78. The summed E-state index contributed by atoms with van der Waals surface area (Å²) < 4.78 is 5.52. The molecule has 6 nitrogen and oxygen atoms in total. The van der Waals surface area contributed by atoms with Crippen LogP contribution in [0.15, 0.2) is 49.1 Å². The molecule has 1 aromatic heterocycles. The summed E-state index contributed by atoms with van der Waals surface area (Å²) in [4.78, 5) is 29.7. The molecule has 1 fully saturated rings. The van der Waals surface area contributed by atoms with Crippen LogP contribution in [0.25, 0.3) is 10.6 Å². The Bertz CT molecular complexity index is 1370. The van der Waals surface area contributed by atoms with E-state index in [-0.39, 0.29) is 25.0 Å². The SMILES string of the molecule is C=CC1CCCC1.Cc1ccc(CC(OC(C)C)C(=O)O)cc1CNC(=O)c1nc(-c2ccc(Cl)cc2Cl)sc1C. The number of hydrogen-bond donors (Lipinski definition) is 2. The summed E-state index contributed by atoms with van der Waals surface area (Å²) in [6, 6.07) is 10.9. The van der Waals surface area contributed by atoms with Crippen LogP contribution in [0.2, 0.25) is 10.0 Å². The van der Waals surface area contributed by atoms with Crippen molar-refractivity contribution in [3.05, 3.63) is 86.4 Å². The molecule has 1 saturated carbocycles. The van der Waals surface area contributed by atoms with E-state index < -0.39 is 12.1 Å². The first-order valence-corrected chi connectivity index (χ1v) is 15.4. The third kappa shape index (κ3) is 9.67. The minimum atomic E-state index is -1.00. The van der Waals surface area contributed by atoms with Crippen molar-refractivity contribution >= 4 is 46.4 Å². The largest absolute Gasteiger partial charge is 0.479 e. The Morgan fingerprint density at radius 2 is 1.88 bits per heavy atom. The highest BCUT2D eigenvalue weighted by Crippen LogP contribution is 2.34. The Kier molecular flexibility index (Phi) is 12.4. The van der Waals surface area contributed by atoms with Crippen molar-refractivity contribution in [3.8, 4) is 10.6 Å². The van der Waals surface area contributed by atoms with E-state index in [0.29, 0.717) is 20.7 Å². The van der Waals surface area contributed by atoms with Gasteiger partial charge in [0.1, 0.15) is 10.7 Å². The van der Waals surface area contributed by atoms with Gasteiger partial charge in [-0.15, -0.1) is 17.9 Å². The molecule has 0 aliphatic heterocycles. The molecule has 0 radical (unpaired) electrons. The monoisotopic (exact) mass is 616 g/mol. The summed E-state index contributed by atoms with van der Waals surface area (Å²) in [5, 5.41) is 14.0. The highest BCUT2D eigenvalue weighted by atomic mass is 35.5. The zero-order valence-corrected chi connectivity index (χ0v) is 26.3. The lowest BCUT2D eigenvalue weighted by atomic mass is 10.0. The van der Waals surface area contributed by atoms with E-state index in [9.17, 15) is 14.7 Å². The van der Waals surface area contributed by atoms with Gasteiger partial charge in [0.15, 0.2) is 6.10 Å². The van der Waals surface area contributed by atoms with Crippen LogP contribution in [0.1, 0.15) is 71.6 Å². The summed E-state index contributed by atoms with van der Waals surface area (Å²) in [6.07, 6.45) is 6.85. The molecule has 0 bridgehead atoms. The van der Waals surface area contributed by atoms with Crippen molar-refractivity contribution in [2.75, 3.05) is 0 Å². The van der Waals surface area contributed by atoms with Crippen molar-refractivity contribution < 1.29 is 19.4 Å². The molecule has 0 spiro atoms. The number of aromatic nitrogens is 1. The first kappa shape index (κ1) is 32.8. The maximum Gasteiger partial charge on any atom is 0.333 e. The number of carboxylic acids is 1. The predicted octanol–water partition coefficient (Wildman–Crippen LogP) is 8.45. The van der Waals surface area contributed by atoms with E-state index in [1.54, 1.807) is 32.0 Å². The molecule has 41 heavy (non-hydrogen) atoms. The molecule has 1 amide bonds. The van der Waals surface area contributed by atoms with Crippen molar-refractivity contribution in [2.24, 2.45) is 5.92 Å². The molecule has 1 heterocycles. The van der Waals surface area contributed by atoms with Gasteiger partial charge in [0.25, 0.3) is 5.91 Å². The molecule has 2 aromatic carbocycles. The lowest BCUT2D eigenvalue weighted by molar-refractivity contribution is -0.153. The van der Waals surface area contributed by atoms with Gasteiger partial charge in [0.2, 0.25) is 0 Å². The molecule has 220 valence electrons. The van der Waals surface area contributed by atoms with E-state index in [0.717, 1.165) is 33.0 Å². The zero-order chi connectivity index (χ0) is 30.1. The normalized spacial score (nSPS) is 13.9. The molecular formula is C32H38Cl2N2O4S. The van der Waals surface area contributed by atoms with Crippen LogP contribution in [0.5, 0.6) is 0 Å². The Morgan fingerprint density at radius 1 is 1.17 bits per heavy atom. The number of nitrogens with zero attached hydrogens (tertiary/aromatic N) is 1. The number of halogens is 2. The lowest BCUT2D eigenvalue weighted by Crippen LogP contribution is -2.29. The number of carbonyl (C=O) groups is 2. The minimum absolute atomic E-state index is 0.195. The molecule has 1 atom stereocenters. The quantitative estimate of drug-likeness (QED) is 0.223. The number of benzene rings is 2. The van der Waals surface area contributed by atoms with E-state index in [1.165, 1.54) is 37.0 Å². The number of hydrogen-bond acceptors (Lipinski definition) is 5. The van der Waals surface area contributed by atoms with E-state index in [1.807, 2.05) is 32.0 Å². The molecule has 0 saturated heterocycles. The lowest BCUT2D eigenvalue weighted by Gasteiger charge is -2.17. The number of rotatable bonds is 10. The van der Waals surface area contributed by atoms with Crippen LogP contribution in [-0.4, -0.2) is 34.2 Å². The molecule has 1 unspecified atom stereocenters. The van der Waals surface area contributed by atoms with E-state index >= 15 is 0 Å². The maximum absolute atomic E-state index is 12.9. The molecular weight excluding hydrogens is 579 g/mol. The number of thiazole rings is 1. The number of carbonyl (C=O) groups excluding carboxylic acids is 1. The van der Waals surface area contributed by atoms with Gasteiger partial charge in [-0.1, -0.05) is 60.3 Å². The first-order chi connectivity index (χ1) is 19.5. The second kappa shape index (κ2) is 15.5.